The monoisotopic (exact) mass is 402 g/mol. The smallest absolute Gasteiger partial charge is 0.262 e. The van der Waals surface area contributed by atoms with E-state index in [1.165, 1.54) is 0 Å². The molecule has 0 N–H and O–H groups in total. The third-order valence-electron chi connectivity index (χ3n) is 6.08. The average Bonchev–Trinajstić information content (AvgIpc) is 3.20. The van der Waals surface area contributed by atoms with E-state index in [1.54, 1.807) is 34.2 Å². The molecule has 2 aromatic rings. The van der Waals surface area contributed by atoms with Crippen molar-refractivity contribution in [2.45, 2.75) is 45.6 Å². The van der Waals surface area contributed by atoms with Gasteiger partial charge in [-0.3, -0.25) is 19.0 Å². The molecular formula is C20H26N4O3S. The van der Waals surface area contributed by atoms with E-state index in [1.807, 2.05) is 11.8 Å². The molecule has 0 aliphatic carbocycles. The Hall–Kier alpha value is -2.22. The van der Waals surface area contributed by atoms with Crippen molar-refractivity contribution in [1.29, 1.82) is 0 Å². The number of aryl methyl sites for hydroxylation is 2. The van der Waals surface area contributed by atoms with Crippen LogP contribution in [-0.2, 0) is 16.0 Å². The van der Waals surface area contributed by atoms with Crippen molar-refractivity contribution in [2.24, 2.45) is 5.92 Å². The van der Waals surface area contributed by atoms with Gasteiger partial charge in [-0.2, -0.15) is 0 Å². The van der Waals surface area contributed by atoms with E-state index in [0.29, 0.717) is 19.6 Å². The number of nitrogens with zero attached hydrogens (tertiary/aromatic N) is 4. The number of piperidine rings is 1. The Morgan fingerprint density at radius 2 is 2.11 bits per heavy atom. The molecule has 2 atom stereocenters. The minimum Gasteiger partial charge on any atom is -0.345 e. The lowest BCUT2D eigenvalue weighted by Crippen LogP contribution is -2.45. The maximum absolute atomic E-state index is 13.2. The van der Waals surface area contributed by atoms with Crippen molar-refractivity contribution in [3.8, 4) is 0 Å². The zero-order valence-corrected chi connectivity index (χ0v) is 17.4. The van der Waals surface area contributed by atoms with Gasteiger partial charge in [0.15, 0.2) is 0 Å². The molecule has 2 aromatic heterocycles. The van der Waals surface area contributed by atoms with E-state index >= 15 is 0 Å². The molecule has 7 nitrogen and oxygen atoms in total. The van der Waals surface area contributed by atoms with E-state index in [2.05, 4.69) is 11.9 Å². The summed E-state index contributed by atoms with van der Waals surface area (Å²) < 4.78 is 1.72. The Balaban J connectivity index is 1.60. The minimum atomic E-state index is -0.264. The van der Waals surface area contributed by atoms with Gasteiger partial charge in [0.25, 0.3) is 5.56 Å². The normalized spacial score (nSPS) is 23.0. The van der Waals surface area contributed by atoms with Gasteiger partial charge in [0.05, 0.1) is 23.7 Å². The standard InChI is InChI=1S/C20H26N4O3S/c1-4-15-12(2)28-18-17(15)20(27)24(11-21-18)14-6-5-7-23(10-14)19(26)13-8-16(25)22(3)9-13/h11,13-14H,4-10H2,1-3H3/t13-,14-/m1/s1. The van der Waals surface area contributed by atoms with Crippen LogP contribution in [0.2, 0.25) is 0 Å². The van der Waals surface area contributed by atoms with Crippen molar-refractivity contribution in [2.75, 3.05) is 26.7 Å². The number of thiophene rings is 1. The highest BCUT2D eigenvalue weighted by atomic mass is 32.1. The lowest BCUT2D eigenvalue weighted by Gasteiger charge is -2.34. The summed E-state index contributed by atoms with van der Waals surface area (Å²) in [5.41, 5.74) is 1.09. The molecule has 0 radical (unpaired) electrons. The van der Waals surface area contributed by atoms with Gasteiger partial charge in [-0.25, -0.2) is 4.98 Å². The van der Waals surface area contributed by atoms with Crippen LogP contribution in [0.1, 0.15) is 42.7 Å². The Labute approximate surface area is 168 Å². The fourth-order valence-electron chi connectivity index (χ4n) is 4.53. The predicted octanol–water partition coefficient (Wildman–Crippen LogP) is 1.97. The molecule has 2 fully saturated rings. The van der Waals surface area contributed by atoms with Gasteiger partial charge in [-0.05, 0) is 31.7 Å². The number of hydrogen-bond acceptors (Lipinski definition) is 5. The maximum atomic E-state index is 13.2. The van der Waals surface area contributed by atoms with Crippen LogP contribution in [0.5, 0.6) is 0 Å². The molecular weight excluding hydrogens is 376 g/mol. The summed E-state index contributed by atoms with van der Waals surface area (Å²) >= 11 is 1.57. The molecule has 4 heterocycles. The molecule has 2 aliphatic heterocycles. The van der Waals surface area contributed by atoms with Gasteiger partial charge >= 0.3 is 0 Å². The lowest BCUT2D eigenvalue weighted by molar-refractivity contribution is -0.137. The number of amides is 2. The topological polar surface area (TPSA) is 75.5 Å². The number of likely N-dealkylation sites (tertiary alicyclic amines) is 2. The van der Waals surface area contributed by atoms with Crippen LogP contribution in [0.4, 0.5) is 0 Å². The lowest BCUT2D eigenvalue weighted by atomic mass is 10.0. The number of hydrogen-bond donors (Lipinski definition) is 0. The molecule has 0 spiro atoms. The van der Waals surface area contributed by atoms with Gasteiger partial charge < -0.3 is 9.80 Å². The molecule has 0 bridgehead atoms. The molecule has 0 aromatic carbocycles. The van der Waals surface area contributed by atoms with Crippen molar-refractivity contribution >= 4 is 33.4 Å². The fourth-order valence-corrected chi connectivity index (χ4v) is 5.60. The number of aromatic nitrogens is 2. The quantitative estimate of drug-likeness (QED) is 0.787. The average molecular weight is 403 g/mol. The molecule has 2 saturated heterocycles. The first-order chi connectivity index (χ1) is 13.4. The summed E-state index contributed by atoms with van der Waals surface area (Å²) in [7, 11) is 1.74. The first-order valence-electron chi connectivity index (χ1n) is 9.92. The highest BCUT2D eigenvalue weighted by Gasteiger charge is 2.36. The molecule has 28 heavy (non-hydrogen) atoms. The summed E-state index contributed by atoms with van der Waals surface area (Å²) in [5.74, 6) is -0.206. The van der Waals surface area contributed by atoms with E-state index in [-0.39, 0.29) is 35.8 Å². The van der Waals surface area contributed by atoms with E-state index in [0.717, 1.165) is 39.9 Å². The van der Waals surface area contributed by atoms with Crippen molar-refractivity contribution in [1.82, 2.24) is 19.4 Å². The maximum Gasteiger partial charge on any atom is 0.262 e. The van der Waals surface area contributed by atoms with E-state index in [4.69, 9.17) is 0 Å². The van der Waals surface area contributed by atoms with Gasteiger partial charge in [0.1, 0.15) is 4.83 Å². The van der Waals surface area contributed by atoms with Crippen LogP contribution in [0.25, 0.3) is 10.2 Å². The zero-order chi connectivity index (χ0) is 20.0. The minimum absolute atomic E-state index is 0.00118. The Kier molecular flexibility index (Phi) is 4.99. The van der Waals surface area contributed by atoms with Gasteiger partial charge in [0, 0.05) is 38.0 Å². The van der Waals surface area contributed by atoms with Crippen molar-refractivity contribution in [3.05, 3.63) is 27.1 Å². The molecule has 4 rings (SSSR count). The molecule has 8 heteroatoms. The summed E-state index contributed by atoms with van der Waals surface area (Å²) in [6, 6.07) is -0.0677. The summed E-state index contributed by atoms with van der Waals surface area (Å²) in [5, 5.41) is 0.735. The largest absolute Gasteiger partial charge is 0.345 e. The second kappa shape index (κ2) is 7.31. The SMILES string of the molecule is CCc1c(C)sc2ncn([C@@H]3CCCN(C(=O)[C@@H]4CC(=O)N(C)C4)C3)c(=O)c12. The summed E-state index contributed by atoms with van der Waals surface area (Å²) in [4.78, 5) is 47.9. The Morgan fingerprint density at radius 3 is 2.79 bits per heavy atom. The second-order valence-corrected chi connectivity index (χ2v) is 9.09. The van der Waals surface area contributed by atoms with E-state index in [9.17, 15) is 14.4 Å². The molecule has 150 valence electrons. The number of rotatable bonds is 3. The molecule has 0 unspecified atom stereocenters. The number of fused-ring (bicyclic) bond motifs is 1. The van der Waals surface area contributed by atoms with Crippen LogP contribution in [0.3, 0.4) is 0 Å². The third-order valence-corrected chi connectivity index (χ3v) is 7.14. The second-order valence-electron chi connectivity index (χ2n) is 7.88. The molecule has 0 saturated carbocycles. The van der Waals surface area contributed by atoms with Crippen LogP contribution < -0.4 is 5.56 Å². The van der Waals surface area contributed by atoms with Crippen LogP contribution in [-0.4, -0.2) is 57.8 Å². The van der Waals surface area contributed by atoms with Gasteiger partial charge in [-0.15, -0.1) is 11.3 Å². The molecule has 2 amide bonds. The van der Waals surface area contributed by atoms with E-state index < -0.39 is 0 Å². The number of carbonyl (C=O) groups is 2. The predicted molar refractivity (Wildman–Crippen MR) is 109 cm³/mol. The van der Waals surface area contributed by atoms with Crippen LogP contribution in [0.15, 0.2) is 11.1 Å². The van der Waals surface area contributed by atoms with Gasteiger partial charge in [-0.1, -0.05) is 6.92 Å². The van der Waals surface area contributed by atoms with Crippen LogP contribution in [0, 0.1) is 12.8 Å². The highest BCUT2D eigenvalue weighted by molar-refractivity contribution is 7.18. The summed E-state index contributed by atoms with van der Waals surface area (Å²) in [6.45, 7) is 5.78. The third kappa shape index (κ3) is 3.13. The van der Waals surface area contributed by atoms with Crippen LogP contribution >= 0.6 is 11.3 Å². The molecule has 2 aliphatic rings. The zero-order valence-electron chi connectivity index (χ0n) is 16.6. The Bertz CT molecular complexity index is 995. The number of carbonyl (C=O) groups excluding carboxylic acids is 2. The summed E-state index contributed by atoms with van der Waals surface area (Å²) in [6.07, 6.45) is 4.44. The highest BCUT2D eigenvalue weighted by Crippen LogP contribution is 2.29. The fraction of sp³-hybridized carbons (Fsp3) is 0.600. The van der Waals surface area contributed by atoms with Crippen molar-refractivity contribution < 1.29 is 9.59 Å². The first kappa shape index (κ1) is 19.1. The van der Waals surface area contributed by atoms with Crippen molar-refractivity contribution in [3.63, 3.8) is 0 Å². The Morgan fingerprint density at radius 1 is 1.32 bits per heavy atom. The van der Waals surface area contributed by atoms with Gasteiger partial charge in [0.2, 0.25) is 11.8 Å². The first-order valence-corrected chi connectivity index (χ1v) is 10.7.